The van der Waals surface area contributed by atoms with Crippen molar-refractivity contribution in [1.29, 1.82) is 0 Å². The van der Waals surface area contributed by atoms with E-state index in [1.54, 1.807) is 0 Å². The van der Waals surface area contributed by atoms with E-state index < -0.39 is 0 Å². The Hall–Kier alpha value is -3.80. The lowest BCUT2D eigenvalue weighted by molar-refractivity contribution is -0.131. The van der Waals surface area contributed by atoms with Gasteiger partial charge in [-0.3, -0.25) is 4.79 Å². The molecule has 2 aliphatic rings. The number of carbonyl (C=O) groups is 1. The van der Waals surface area contributed by atoms with Crippen molar-refractivity contribution in [2.24, 2.45) is 0 Å². The molecule has 0 unspecified atom stereocenters. The fourth-order valence-corrected chi connectivity index (χ4v) is 4.83. The first-order valence-electron chi connectivity index (χ1n) is 11.8. The maximum Gasteiger partial charge on any atom is 0.229 e. The fourth-order valence-electron chi connectivity index (χ4n) is 4.83. The van der Waals surface area contributed by atoms with Gasteiger partial charge in [-0.25, -0.2) is 15.0 Å². The second-order valence-electron chi connectivity index (χ2n) is 9.24. The van der Waals surface area contributed by atoms with E-state index in [4.69, 9.17) is 14.4 Å². The summed E-state index contributed by atoms with van der Waals surface area (Å²) in [5, 5.41) is 0. The zero-order valence-corrected chi connectivity index (χ0v) is 19.2. The molecule has 34 heavy (non-hydrogen) atoms. The van der Waals surface area contributed by atoms with E-state index in [-0.39, 0.29) is 17.7 Å². The van der Waals surface area contributed by atoms with E-state index in [0.29, 0.717) is 30.4 Å². The van der Waals surface area contributed by atoms with Crippen molar-refractivity contribution < 1.29 is 9.21 Å². The Balaban J connectivity index is 1.17. The van der Waals surface area contributed by atoms with Gasteiger partial charge in [-0.05, 0) is 37.5 Å². The number of aromatic nitrogens is 3. The highest BCUT2D eigenvalue weighted by atomic mass is 16.4. The lowest BCUT2D eigenvalue weighted by Crippen LogP contribution is -2.38. The number of nitrogens with zero attached hydrogens (tertiary/aromatic N) is 4. The summed E-state index contributed by atoms with van der Waals surface area (Å²) in [6.45, 7) is 3.06. The first kappa shape index (κ1) is 20.8. The van der Waals surface area contributed by atoms with Gasteiger partial charge >= 0.3 is 0 Å². The standard InChI is InChI=1S/C28H26N4O2/c1-19-24(30-26(34-19)20-8-4-2-5-9-20)16-25(33)32-15-12-23-21(18-32)17-29-27(31-23)28(13-14-28)22-10-6-3-7-11-22/h2-11,17H,12-16,18H2,1H3. The highest BCUT2D eigenvalue weighted by molar-refractivity contribution is 5.79. The summed E-state index contributed by atoms with van der Waals surface area (Å²) >= 11 is 0. The molecule has 3 heterocycles. The van der Waals surface area contributed by atoms with Gasteiger partial charge in [0.25, 0.3) is 0 Å². The van der Waals surface area contributed by atoms with Crippen LogP contribution in [0.3, 0.4) is 0 Å². The molecule has 1 saturated carbocycles. The van der Waals surface area contributed by atoms with Gasteiger partial charge in [-0.1, -0.05) is 48.5 Å². The van der Waals surface area contributed by atoms with Gasteiger partial charge in [0.15, 0.2) is 0 Å². The summed E-state index contributed by atoms with van der Waals surface area (Å²) in [5.74, 6) is 2.21. The molecular formula is C28H26N4O2. The second kappa shape index (κ2) is 8.20. The van der Waals surface area contributed by atoms with Crippen LogP contribution < -0.4 is 0 Å². The SMILES string of the molecule is Cc1oc(-c2ccccc2)nc1CC(=O)N1CCc2nc(C3(c4ccccc4)CC3)ncc2C1. The van der Waals surface area contributed by atoms with Gasteiger partial charge in [0, 0.05) is 36.8 Å². The molecule has 2 aromatic carbocycles. The predicted molar refractivity (Wildman–Crippen MR) is 128 cm³/mol. The number of fused-ring (bicyclic) bond motifs is 1. The third-order valence-electron chi connectivity index (χ3n) is 7.02. The number of carbonyl (C=O) groups excluding carboxylic acids is 1. The number of aryl methyl sites for hydroxylation is 1. The quantitative estimate of drug-likeness (QED) is 0.443. The Morgan fingerprint density at radius 2 is 1.76 bits per heavy atom. The molecule has 1 amide bonds. The van der Waals surface area contributed by atoms with Crippen LogP contribution in [0, 0.1) is 6.92 Å². The maximum atomic E-state index is 13.1. The Morgan fingerprint density at radius 1 is 1.03 bits per heavy atom. The first-order valence-corrected chi connectivity index (χ1v) is 11.8. The van der Waals surface area contributed by atoms with Crippen molar-refractivity contribution in [3.63, 3.8) is 0 Å². The first-order chi connectivity index (χ1) is 16.6. The van der Waals surface area contributed by atoms with Crippen molar-refractivity contribution in [3.05, 3.63) is 101 Å². The van der Waals surface area contributed by atoms with E-state index in [1.807, 2.05) is 54.4 Å². The van der Waals surface area contributed by atoms with Crippen molar-refractivity contribution in [1.82, 2.24) is 19.9 Å². The Bertz CT molecular complexity index is 1340. The van der Waals surface area contributed by atoms with Crippen LogP contribution in [-0.2, 0) is 29.6 Å². The molecule has 0 bridgehead atoms. The van der Waals surface area contributed by atoms with E-state index in [2.05, 4.69) is 29.2 Å². The summed E-state index contributed by atoms with van der Waals surface area (Å²) in [7, 11) is 0. The van der Waals surface area contributed by atoms with Crippen molar-refractivity contribution in [2.75, 3.05) is 6.54 Å². The molecule has 2 aromatic heterocycles. The Labute approximate surface area is 198 Å². The van der Waals surface area contributed by atoms with E-state index in [9.17, 15) is 4.79 Å². The topological polar surface area (TPSA) is 72.1 Å². The van der Waals surface area contributed by atoms with Crippen LogP contribution in [0.1, 0.15) is 46.9 Å². The Kier molecular flexibility index (Phi) is 5.01. The van der Waals surface area contributed by atoms with Crippen LogP contribution in [0.5, 0.6) is 0 Å². The monoisotopic (exact) mass is 450 g/mol. The molecule has 170 valence electrons. The minimum absolute atomic E-state index is 0.0375. The summed E-state index contributed by atoms with van der Waals surface area (Å²) in [4.78, 5) is 29.3. The number of amides is 1. The van der Waals surface area contributed by atoms with E-state index in [1.165, 1.54) is 5.56 Å². The van der Waals surface area contributed by atoms with Crippen LogP contribution in [-0.4, -0.2) is 32.3 Å². The van der Waals surface area contributed by atoms with Crippen molar-refractivity contribution >= 4 is 5.91 Å². The van der Waals surface area contributed by atoms with Gasteiger partial charge in [0.1, 0.15) is 11.6 Å². The molecule has 0 radical (unpaired) electrons. The molecule has 0 spiro atoms. The van der Waals surface area contributed by atoms with Gasteiger partial charge in [0.05, 0.1) is 23.2 Å². The highest BCUT2D eigenvalue weighted by Crippen LogP contribution is 2.52. The lowest BCUT2D eigenvalue weighted by Gasteiger charge is -2.28. The van der Waals surface area contributed by atoms with Crippen LogP contribution in [0.25, 0.3) is 11.5 Å². The molecule has 4 aromatic rings. The number of benzene rings is 2. The zero-order valence-electron chi connectivity index (χ0n) is 19.2. The zero-order chi connectivity index (χ0) is 23.1. The molecule has 6 rings (SSSR count). The third kappa shape index (κ3) is 3.69. The minimum Gasteiger partial charge on any atom is -0.441 e. The van der Waals surface area contributed by atoms with Crippen LogP contribution >= 0.6 is 0 Å². The average Bonchev–Trinajstić information content (AvgIpc) is 3.62. The number of hydrogen-bond donors (Lipinski definition) is 0. The number of oxazole rings is 1. The van der Waals surface area contributed by atoms with Gasteiger partial charge in [-0.2, -0.15) is 0 Å². The molecule has 6 heteroatoms. The van der Waals surface area contributed by atoms with Gasteiger partial charge in [-0.15, -0.1) is 0 Å². The molecular weight excluding hydrogens is 424 g/mol. The molecule has 1 aliphatic heterocycles. The fraction of sp³-hybridized carbons (Fsp3) is 0.286. The van der Waals surface area contributed by atoms with Gasteiger partial charge in [0.2, 0.25) is 11.8 Å². The molecule has 1 fully saturated rings. The van der Waals surface area contributed by atoms with Crippen molar-refractivity contribution in [2.45, 2.75) is 44.6 Å². The molecule has 0 N–H and O–H groups in total. The largest absolute Gasteiger partial charge is 0.441 e. The summed E-state index contributed by atoms with van der Waals surface area (Å²) in [5.41, 5.74) is 4.96. The lowest BCUT2D eigenvalue weighted by atomic mass is 9.94. The van der Waals surface area contributed by atoms with E-state index in [0.717, 1.165) is 41.9 Å². The molecule has 1 aliphatic carbocycles. The van der Waals surface area contributed by atoms with Crippen LogP contribution in [0.2, 0.25) is 0 Å². The molecule has 6 nitrogen and oxygen atoms in total. The van der Waals surface area contributed by atoms with E-state index >= 15 is 0 Å². The molecule has 0 atom stereocenters. The summed E-state index contributed by atoms with van der Waals surface area (Å²) in [6.07, 6.45) is 5.07. The number of hydrogen-bond acceptors (Lipinski definition) is 5. The third-order valence-corrected chi connectivity index (χ3v) is 7.02. The number of rotatable bonds is 5. The predicted octanol–water partition coefficient (Wildman–Crippen LogP) is 4.65. The smallest absolute Gasteiger partial charge is 0.229 e. The van der Waals surface area contributed by atoms with Crippen molar-refractivity contribution in [3.8, 4) is 11.5 Å². The van der Waals surface area contributed by atoms with Gasteiger partial charge < -0.3 is 9.32 Å². The van der Waals surface area contributed by atoms with Crippen LogP contribution in [0.4, 0.5) is 0 Å². The van der Waals surface area contributed by atoms with Crippen LogP contribution in [0.15, 0.2) is 71.3 Å². The maximum absolute atomic E-state index is 13.1. The minimum atomic E-state index is -0.0375. The second-order valence-corrected chi connectivity index (χ2v) is 9.24. The average molecular weight is 451 g/mol. The summed E-state index contributed by atoms with van der Waals surface area (Å²) < 4.78 is 5.83. The Morgan fingerprint density at radius 3 is 2.50 bits per heavy atom. The molecule has 0 saturated heterocycles. The summed E-state index contributed by atoms with van der Waals surface area (Å²) in [6, 6.07) is 20.3. The normalized spacial score (nSPS) is 16.2. The highest BCUT2D eigenvalue weighted by Gasteiger charge is 2.48.